The van der Waals surface area contributed by atoms with E-state index in [1.54, 1.807) is 0 Å². The number of amides is 1. The molecule has 0 aliphatic carbocycles. The molecule has 0 spiro atoms. The fraction of sp³-hybridized carbons (Fsp3) is 0.917. The first-order valence-corrected chi connectivity index (χ1v) is 6.17. The van der Waals surface area contributed by atoms with Gasteiger partial charge in [-0.3, -0.25) is 4.79 Å². The molecule has 1 fully saturated rings. The number of carbonyl (C=O) groups excluding carboxylic acids is 1. The number of carbonyl (C=O) groups is 1. The quantitative estimate of drug-likeness (QED) is 0.748. The van der Waals surface area contributed by atoms with E-state index in [1.807, 2.05) is 11.9 Å². The third kappa shape index (κ3) is 4.49. The molecule has 0 atom stereocenters. The molecule has 16 heavy (non-hydrogen) atoms. The van der Waals surface area contributed by atoms with Gasteiger partial charge in [0.15, 0.2) is 0 Å². The Kier molecular flexibility index (Phi) is 5.77. The fourth-order valence-electron chi connectivity index (χ4n) is 2.15. The van der Waals surface area contributed by atoms with Gasteiger partial charge in [-0.1, -0.05) is 0 Å². The molecule has 0 saturated carbocycles. The lowest BCUT2D eigenvalue weighted by Crippen LogP contribution is -2.37. The van der Waals surface area contributed by atoms with Gasteiger partial charge in [0.2, 0.25) is 5.91 Å². The van der Waals surface area contributed by atoms with Gasteiger partial charge in [0.25, 0.3) is 0 Å². The van der Waals surface area contributed by atoms with Gasteiger partial charge >= 0.3 is 0 Å². The van der Waals surface area contributed by atoms with Crippen molar-refractivity contribution in [2.24, 2.45) is 5.92 Å². The fourth-order valence-corrected chi connectivity index (χ4v) is 2.15. The second kappa shape index (κ2) is 6.86. The second-order valence-electron chi connectivity index (χ2n) is 4.85. The first-order chi connectivity index (χ1) is 7.63. The van der Waals surface area contributed by atoms with Crippen molar-refractivity contribution in [1.29, 1.82) is 0 Å². The SMILES string of the molecule is CN1CCC(CN(C)C(=O)CCCO)CC1. The molecule has 1 aliphatic heterocycles. The van der Waals surface area contributed by atoms with Crippen LogP contribution in [0.3, 0.4) is 0 Å². The third-order valence-electron chi connectivity index (χ3n) is 3.34. The molecule has 4 nitrogen and oxygen atoms in total. The van der Waals surface area contributed by atoms with Gasteiger partial charge in [0.1, 0.15) is 0 Å². The summed E-state index contributed by atoms with van der Waals surface area (Å²) in [5, 5.41) is 8.67. The van der Waals surface area contributed by atoms with Crippen molar-refractivity contribution in [3.63, 3.8) is 0 Å². The molecule has 1 amide bonds. The maximum atomic E-state index is 11.6. The van der Waals surface area contributed by atoms with Gasteiger partial charge < -0.3 is 14.9 Å². The molecule has 94 valence electrons. The largest absolute Gasteiger partial charge is 0.396 e. The predicted octanol–water partition coefficient (Wildman–Crippen LogP) is 0.559. The molecule has 0 aromatic rings. The summed E-state index contributed by atoms with van der Waals surface area (Å²) >= 11 is 0. The van der Waals surface area contributed by atoms with Crippen LogP contribution in [0.2, 0.25) is 0 Å². The zero-order valence-electron chi connectivity index (χ0n) is 10.5. The average molecular weight is 228 g/mol. The molecule has 1 saturated heterocycles. The Morgan fingerprint density at radius 1 is 1.44 bits per heavy atom. The summed E-state index contributed by atoms with van der Waals surface area (Å²) < 4.78 is 0. The maximum Gasteiger partial charge on any atom is 0.222 e. The van der Waals surface area contributed by atoms with Crippen LogP contribution in [0.5, 0.6) is 0 Å². The number of rotatable bonds is 5. The Balaban J connectivity index is 2.22. The van der Waals surface area contributed by atoms with Crippen LogP contribution in [-0.4, -0.2) is 61.2 Å². The first-order valence-electron chi connectivity index (χ1n) is 6.17. The highest BCUT2D eigenvalue weighted by atomic mass is 16.3. The summed E-state index contributed by atoms with van der Waals surface area (Å²) in [6, 6.07) is 0. The molecule has 0 unspecified atom stereocenters. The zero-order valence-corrected chi connectivity index (χ0v) is 10.5. The van der Waals surface area contributed by atoms with Crippen LogP contribution in [0.1, 0.15) is 25.7 Å². The molecule has 0 bridgehead atoms. The number of nitrogens with zero attached hydrogens (tertiary/aromatic N) is 2. The molecular formula is C12H24N2O2. The number of aliphatic hydroxyl groups excluding tert-OH is 1. The normalized spacial score (nSPS) is 18.7. The van der Waals surface area contributed by atoms with Crippen LogP contribution in [-0.2, 0) is 4.79 Å². The van der Waals surface area contributed by atoms with E-state index < -0.39 is 0 Å². The Labute approximate surface area is 98.2 Å². The van der Waals surface area contributed by atoms with Gasteiger partial charge in [0.05, 0.1) is 0 Å². The van der Waals surface area contributed by atoms with E-state index in [0.717, 1.165) is 19.6 Å². The number of hydrogen-bond donors (Lipinski definition) is 1. The lowest BCUT2D eigenvalue weighted by molar-refractivity contribution is -0.130. The average Bonchev–Trinajstić information content (AvgIpc) is 2.29. The van der Waals surface area contributed by atoms with Crippen molar-refractivity contribution in [3.05, 3.63) is 0 Å². The number of piperidine rings is 1. The van der Waals surface area contributed by atoms with E-state index in [2.05, 4.69) is 11.9 Å². The van der Waals surface area contributed by atoms with Gasteiger partial charge in [-0.15, -0.1) is 0 Å². The van der Waals surface area contributed by atoms with E-state index in [9.17, 15) is 4.79 Å². The first kappa shape index (κ1) is 13.5. The van der Waals surface area contributed by atoms with Crippen LogP contribution in [0.15, 0.2) is 0 Å². The van der Waals surface area contributed by atoms with Crippen molar-refractivity contribution in [2.45, 2.75) is 25.7 Å². The molecular weight excluding hydrogens is 204 g/mol. The lowest BCUT2D eigenvalue weighted by Gasteiger charge is -2.31. The van der Waals surface area contributed by atoms with Crippen LogP contribution in [0, 0.1) is 5.92 Å². The minimum Gasteiger partial charge on any atom is -0.396 e. The van der Waals surface area contributed by atoms with Gasteiger partial charge in [-0.25, -0.2) is 0 Å². The van der Waals surface area contributed by atoms with Gasteiger partial charge in [-0.05, 0) is 45.3 Å². The van der Waals surface area contributed by atoms with Crippen molar-refractivity contribution in [3.8, 4) is 0 Å². The molecule has 0 aromatic heterocycles. The van der Waals surface area contributed by atoms with Crippen LogP contribution in [0.4, 0.5) is 0 Å². The van der Waals surface area contributed by atoms with E-state index in [1.165, 1.54) is 12.8 Å². The van der Waals surface area contributed by atoms with Crippen molar-refractivity contribution in [2.75, 3.05) is 40.3 Å². The van der Waals surface area contributed by atoms with Crippen LogP contribution in [0.25, 0.3) is 0 Å². The summed E-state index contributed by atoms with van der Waals surface area (Å²) in [6.07, 6.45) is 3.43. The molecule has 0 radical (unpaired) electrons. The minimum atomic E-state index is 0.105. The highest BCUT2D eigenvalue weighted by molar-refractivity contribution is 5.75. The molecule has 1 aliphatic rings. The summed E-state index contributed by atoms with van der Waals surface area (Å²) in [6.45, 7) is 3.26. The topological polar surface area (TPSA) is 43.8 Å². The predicted molar refractivity (Wildman–Crippen MR) is 64.2 cm³/mol. The van der Waals surface area contributed by atoms with Crippen LogP contribution >= 0.6 is 0 Å². The molecule has 4 heteroatoms. The maximum absolute atomic E-state index is 11.6. The van der Waals surface area contributed by atoms with E-state index in [4.69, 9.17) is 5.11 Å². The second-order valence-corrected chi connectivity index (χ2v) is 4.85. The third-order valence-corrected chi connectivity index (χ3v) is 3.34. The summed E-state index contributed by atoms with van der Waals surface area (Å²) in [5.41, 5.74) is 0. The number of aliphatic hydroxyl groups is 1. The monoisotopic (exact) mass is 228 g/mol. The number of likely N-dealkylation sites (tertiary alicyclic amines) is 1. The van der Waals surface area contributed by atoms with Gasteiger partial charge in [-0.2, -0.15) is 0 Å². The van der Waals surface area contributed by atoms with E-state index >= 15 is 0 Å². The van der Waals surface area contributed by atoms with E-state index in [-0.39, 0.29) is 12.5 Å². The van der Waals surface area contributed by atoms with Gasteiger partial charge in [0, 0.05) is 26.6 Å². The summed E-state index contributed by atoms with van der Waals surface area (Å²) in [5.74, 6) is 0.812. The molecule has 1 rings (SSSR count). The summed E-state index contributed by atoms with van der Waals surface area (Å²) in [4.78, 5) is 15.8. The number of hydrogen-bond acceptors (Lipinski definition) is 3. The van der Waals surface area contributed by atoms with Crippen molar-refractivity contribution < 1.29 is 9.90 Å². The molecule has 1 heterocycles. The standard InChI is InChI=1S/C12H24N2O2/c1-13-7-5-11(6-8-13)10-14(2)12(16)4-3-9-15/h11,15H,3-10H2,1-2H3. The Morgan fingerprint density at radius 3 is 2.62 bits per heavy atom. The zero-order chi connectivity index (χ0) is 12.0. The lowest BCUT2D eigenvalue weighted by atomic mass is 9.96. The smallest absolute Gasteiger partial charge is 0.222 e. The van der Waals surface area contributed by atoms with Crippen molar-refractivity contribution in [1.82, 2.24) is 9.80 Å². The Morgan fingerprint density at radius 2 is 2.06 bits per heavy atom. The Bertz CT molecular complexity index is 213. The minimum absolute atomic E-state index is 0.105. The van der Waals surface area contributed by atoms with E-state index in [0.29, 0.717) is 18.8 Å². The Hall–Kier alpha value is -0.610. The summed E-state index contributed by atoms with van der Waals surface area (Å²) in [7, 11) is 4.02. The van der Waals surface area contributed by atoms with Crippen molar-refractivity contribution >= 4 is 5.91 Å². The highest BCUT2D eigenvalue weighted by Gasteiger charge is 2.19. The molecule has 0 aromatic carbocycles. The van der Waals surface area contributed by atoms with Crippen LogP contribution < -0.4 is 0 Å². The highest BCUT2D eigenvalue weighted by Crippen LogP contribution is 2.17. The molecule has 1 N–H and O–H groups in total.